The second-order valence-electron chi connectivity index (χ2n) is 6.82. The van der Waals surface area contributed by atoms with Crippen LogP contribution in [0.25, 0.3) is 0 Å². The van der Waals surface area contributed by atoms with Crippen LogP contribution in [0.3, 0.4) is 0 Å². The molecule has 1 aliphatic carbocycles. The molecule has 0 bridgehead atoms. The Morgan fingerprint density at radius 2 is 2.04 bits per heavy atom. The molecule has 0 aromatic carbocycles. The lowest BCUT2D eigenvalue weighted by atomic mass is 10.0. The standard InChI is InChI=1S/C17H28N4O2/c1-11-16(12(2)20(3)19-11)14-8-6-10-21(14)17(22)18-13-7-5-9-15(13)23-4/h13-15H,5-10H2,1-4H3,(H,18,22)/t13-,14-,15+/m0/s1. The Kier molecular flexibility index (Phi) is 4.62. The molecule has 1 aromatic rings. The van der Waals surface area contributed by atoms with Gasteiger partial charge in [-0.1, -0.05) is 0 Å². The molecule has 6 heteroatoms. The predicted molar refractivity (Wildman–Crippen MR) is 88.3 cm³/mol. The summed E-state index contributed by atoms with van der Waals surface area (Å²) >= 11 is 0. The summed E-state index contributed by atoms with van der Waals surface area (Å²) in [5.74, 6) is 0. The number of hydrogen-bond acceptors (Lipinski definition) is 3. The molecule has 0 radical (unpaired) electrons. The minimum atomic E-state index is 0.0455. The molecule has 2 fully saturated rings. The minimum Gasteiger partial charge on any atom is -0.379 e. The highest BCUT2D eigenvalue weighted by molar-refractivity contribution is 5.75. The first-order valence-electron chi connectivity index (χ1n) is 8.63. The Hall–Kier alpha value is -1.56. The van der Waals surface area contributed by atoms with Gasteiger partial charge in [-0.15, -0.1) is 0 Å². The van der Waals surface area contributed by atoms with Crippen LogP contribution in [-0.2, 0) is 11.8 Å². The number of ether oxygens (including phenoxy) is 1. The van der Waals surface area contributed by atoms with E-state index in [-0.39, 0.29) is 24.2 Å². The van der Waals surface area contributed by atoms with Gasteiger partial charge in [0, 0.05) is 32.0 Å². The topological polar surface area (TPSA) is 59.4 Å². The van der Waals surface area contributed by atoms with E-state index in [0.29, 0.717) is 0 Å². The van der Waals surface area contributed by atoms with Crippen LogP contribution < -0.4 is 5.32 Å². The third-order valence-corrected chi connectivity index (χ3v) is 5.48. The van der Waals surface area contributed by atoms with E-state index in [0.717, 1.165) is 50.0 Å². The van der Waals surface area contributed by atoms with Gasteiger partial charge in [0.05, 0.1) is 23.9 Å². The molecule has 0 unspecified atom stereocenters. The summed E-state index contributed by atoms with van der Waals surface area (Å²) in [7, 11) is 3.70. The van der Waals surface area contributed by atoms with Gasteiger partial charge < -0.3 is 15.0 Å². The zero-order chi connectivity index (χ0) is 16.6. The first-order chi connectivity index (χ1) is 11.0. The van der Waals surface area contributed by atoms with E-state index < -0.39 is 0 Å². The van der Waals surface area contributed by atoms with Gasteiger partial charge in [0.25, 0.3) is 0 Å². The highest BCUT2D eigenvalue weighted by Gasteiger charge is 2.36. The van der Waals surface area contributed by atoms with Crippen molar-refractivity contribution in [2.45, 2.75) is 64.1 Å². The van der Waals surface area contributed by atoms with Gasteiger partial charge in [-0.05, 0) is 46.0 Å². The summed E-state index contributed by atoms with van der Waals surface area (Å²) in [6.45, 7) is 4.94. The van der Waals surface area contributed by atoms with Gasteiger partial charge >= 0.3 is 6.03 Å². The second-order valence-corrected chi connectivity index (χ2v) is 6.82. The molecule has 6 nitrogen and oxygen atoms in total. The van der Waals surface area contributed by atoms with Gasteiger partial charge in [-0.3, -0.25) is 4.68 Å². The normalized spacial score (nSPS) is 27.7. The Balaban J connectivity index is 1.75. The quantitative estimate of drug-likeness (QED) is 0.930. The molecule has 1 saturated carbocycles. The van der Waals surface area contributed by atoms with Crippen LogP contribution in [0, 0.1) is 13.8 Å². The number of carbonyl (C=O) groups is 1. The van der Waals surface area contributed by atoms with Crippen molar-refractivity contribution in [1.29, 1.82) is 0 Å². The molecular formula is C17H28N4O2. The molecule has 1 saturated heterocycles. The number of aromatic nitrogens is 2. The van der Waals surface area contributed by atoms with E-state index >= 15 is 0 Å². The summed E-state index contributed by atoms with van der Waals surface area (Å²) in [5.41, 5.74) is 3.41. The van der Waals surface area contributed by atoms with Gasteiger partial charge in [0.2, 0.25) is 0 Å². The molecule has 1 N–H and O–H groups in total. The molecule has 128 valence electrons. The number of hydrogen-bond donors (Lipinski definition) is 1. The summed E-state index contributed by atoms with van der Waals surface area (Å²) in [5, 5.41) is 7.72. The first kappa shape index (κ1) is 16.3. The number of carbonyl (C=O) groups excluding carboxylic acids is 1. The van der Waals surface area contributed by atoms with E-state index in [1.54, 1.807) is 7.11 Å². The molecular weight excluding hydrogens is 292 g/mol. The number of methoxy groups -OCH3 is 1. The van der Waals surface area contributed by atoms with Gasteiger partial charge in [-0.2, -0.15) is 5.10 Å². The van der Waals surface area contributed by atoms with Crippen LogP contribution in [0.5, 0.6) is 0 Å². The Labute approximate surface area is 138 Å². The number of aryl methyl sites for hydroxylation is 2. The third kappa shape index (κ3) is 2.96. The summed E-state index contributed by atoms with van der Waals surface area (Å²) in [6.07, 6.45) is 5.37. The highest BCUT2D eigenvalue weighted by atomic mass is 16.5. The minimum absolute atomic E-state index is 0.0455. The van der Waals surface area contributed by atoms with Crippen LogP contribution >= 0.6 is 0 Å². The molecule has 2 amide bonds. The smallest absolute Gasteiger partial charge is 0.318 e. The van der Waals surface area contributed by atoms with Gasteiger partial charge in [0.1, 0.15) is 0 Å². The first-order valence-corrected chi connectivity index (χ1v) is 8.63. The van der Waals surface area contributed by atoms with Crippen LogP contribution in [0.15, 0.2) is 0 Å². The highest BCUT2D eigenvalue weighted by Crippen LogP contribution is 2.35. The maximum absolute atomic E-state index is 12.8. The third-order valence-electron chi connectivity index (χ3n) is 5.48. The predicted octanol–water partition coefficient (Wildman–Crippen LogP) is 2.45. The number of nitrogens with one attached hydrogen (secondary N) is 1. The fourth-order valence-electron chi connectivity index (χ4n) is 4.20. The molecule has 3 atom stereocenters. The summed E-state index contributed by atoms with van der Waals surface area (Å²) < 4.78 is 7.41. The monoisotopic (exact) mass is 320 g/mol. The van der Waals surface area contributed by atoms with Gasteiger partial charge in [0.15, 0.2) is 0 Å². The average molecular weight is 320 g/mol. The van der Waals surface area contributed by atoms with Crippen LogP contribution in [0.1, 0.15) is 55.1 Å². The van der Waals surface area contributed by atoms with E-state index in [4.69, 9.17) is 4.74 Å². The number of urea groups is 1. The van der Waals surface area contributed by atoms with Crippen LogP contribution in [0.4, 0.5) is 4.79 Å². The molecule has 2 heterocycles. The Bertz CT molecular complexity index is 583. The number of likely N-dealkylation sites (tertiary alicyclic amines) is 1. The Morgan fingerprint density at radius 1 is 1.26 bits per heavy atom. The number of rotatable bonds is 3. The summed E-state index contributed by atoms with van der Waals surface area (Å²) in [4.78, 5) is 14.8. The van der Waals surface area contributed by atoms with E-state index in [1.165, 1.54) is 5.56 Å². The van der Waals surface area contributed by atoms with Crippen molar-refractivity contribution >= 4 is 6.03 Å². The molecule has 1 aromatic heterocycles. The lowest BCUT2D eigenvalue weighted by Crippen LogP contribution is -2.47. The van der Waals surface area contributed by atoms with E-state index in [1.807, 2.05) is 23.6 Å². The molecule has 2 aliphatic rings. The van der Waals surface area contributed by atoms with Crippen molar-refractivity contribution in [2.75, 3.05) is 13.7 Å². The molecule has 1 aliphatic heterocycles. The maximum Gasteiger partial charge on any atom is 0.318 e. The van der Waals surface area contributed by atoms with E-state index in [2.05, 4.69) is 17.3 Å². The lowest BCUT2D eigenvalue weighted by molar-refractivity contribution is 0.0843. The van der Waals surface area contributed by atoms with Crippen molar-refractivity contribution < 1.29 is 9.53 Å². The second kappa shape index (κ2) is 6.51. The number of nitrogens with zero attached hydrogens (tertiary/aromatic N) is 3. The molecule has 0 spiro atoms. The average Bonchev–Trinajstić information content (AvgIpc) is 3.20. The maximum atomic E-state index is 12.8. The van der Waals surface area contributed by atoms with Crippen molar-refractivity contribution in [3.8, 4) is 0 Å². The Morgan fingerprint density at radius 3 is 2.70 bits per heavy atom. The zero-order valence-corrected chi connectivity index (χ0v) is 14.6. The largest absolute Gasteiger partial charge is 0.379 e. The van der Waals surface area contributed by atoms with Crippen molar-refractivity contribution in [1.82, 2.24) is 20.0 Å². The van der Waals surface area contributed by atoms with Crippen molar-refractivity contribution in [3.05, 3.63) is 17.0 Å². The SMILES string of the molecule is CO[C@@H]1CCC[C@@H]1NC(=O)N1CCC[C@H]1c1c(C)nn(C)c1C. The lowest BCUT2D eigenvalue weighted by Gasteiger charge is -2.28. The number of amides is 2. The summed E-state index contributed by atoms with van der Waals surface area (Å²) in [6, 6.07) is 0.333. The molecule has 23 heavy (non-hydrogen) atoms. The van der Waals surface area contributed by atoms with Crippen molar-refractivity contribution in [3.63, 3.8) is 0 Å². The van der Waals surface area contributed by atoms with Crippen molar-refractivity contribution in [2.24, 2.45) is 7.05 Å². The fraction of sp³-hybridized carbons (Fsp3) is 0.765. The van der Waals surface area contributed by atoms with Crippen LogP contribution in [0.2, 0.25) is 0 Å². The van der Waals surface area contributed by atoms with Gasteiger partial charge in [-0.25, -0.2) is 4.79 Å². The zero-order valence-electron chi connectivity index (χ0n) is 14.6. The molecule has 3 rings (SSSR count). The fourth-order valence-corrected chi connectivity index (χ4v) is 4.20. The van der Waals surface area contributed by atoms with Crippen LogP contribution in [-0.4, -0.2) is 46.5 Å². The van der Waals surface area contributed by atoms with E-state index in [9.17, 15) is 4.79 Å².